The van der Waals surface area contributed by atoms with E-state index in [4.69, 9.17) is 4.74 Å². The van der Waals surface area contributed by atoms with Gasteiger partial charge in [-0.05, 0) is 31.5 Å². The van der Waals surface area contributed by atoms with Crippen LogP contribution in [0.1, 0.15) is 19.4 Å². The topological polar surface area (TPSA) is 49.9 Å². The Morgan fingerprint density at radius 3 is 2.57 bits per heavy atom. The lowest BCUT2D eigenvalue weighted by molar-refractivity contribution is -0.143. The predicted octanol–water partition coefficient (Wildman–Crippen LogP) is 2.01. The Kier molecular flexibility index (Phi) is 5.93. The molecular weight excluding hydrogens is 312 g/mol. The van der Waals surface area contributed by atoms with Crippen molar-refractivity contribution in [2.24, 2.45) is 0 Å². The van der Waals surface area contributed by atoms with Crippen LogP contribution in [0, 0.1) is 0 Å². The first-order chi connectivity index (χ1) is 10.9. The summed E-state index contributed by atoms with van der Waals surface area (Å²) in [6.45, 7) is 3.95. The fourth-order valence-corrected chi connectivity index (χ4v) is 3.57. The summed E-state index contributed by atoms with van der Waals surface area (Å²) in [6, 6.07) is 7.24. The number of thioether (sulfide) groups is 1. The molecule has 0 bridgehead atoms. The van der Waals surface area contributed by atoms with Crippen LogP contribution < -0.4 is 4.74 Å². The van der Waals surface area contributed by atoms with Gasteiger partial charge >= 0.3 is 0 Å². The van der Waals surface area contributed by atoms with Gasteiger partial charge < -0.3 is 14.5 Å². The van der Waals surface area contributed by atoms with Crippen LogP contribution in [0.2, 0.25) is 0 Å². The third-order valence-electron chi connectivity index (χ3n) is 4.12. The van der Waals surface area contributed by atoms with Crippen LogP contribution in [0.15, 0.2) is 24.3 Å². The number of hydrogen-bond acceptors (Lipinski definition) is 4. The molecule has 1 heterocycles. The molecule has 2 amide bonds. The van der Waals surface area contributed by atoms with Crippen LogP contribution in [-0.2, 0) is 16.0 Å². The second kappa shape index (κ2) is 7.73. The average molecular weight is 336 g/mol. The van der Waals surface area contributed by atoms with E-state index >= 15 is 0 Å². The quantitative estimate of drug-likeness (QED) is 0.825. The van der Waals surface area contributed by atoms with Crippen LogP contribution in [0.3, 0.4) is 0 Å². The van der Waals surface area contributed by atoms with Crippen LogP contribution in [0.4, 0.5) is 0 Å². The second-order valence-corrected chi connectivity index (χ2v) is 6.95. The van der Waals surface area contributed by atoms with Gasteiger partial charge in [0.2, 0.25) is 11.8 Å². The lowest BCUT2D eigenvalue weighted by Crippen LogP contribution is -2.49. The maximum atomic E-state index is 12.6. The average Bonchev–Trinajstić information content (AvgIpc) is 3.03. The van der Waals surface area contributed by atoms with Crippen molar-refractivity contribution in [3.8, 4) is 5.75 Å². The number of likely N-dealkylation sites (N-methyl/N-ethyl adjacent to an activating group) is 1. The molecule has 23 heavy (non-hydrogen) atoms. The number of carbonyl (C=O) groups excluding carboxylic acids is 2. The molecule has 1 atom stereocenters. The first kappa shape index (κ1) is 17.7. The van der Waals surface area contributed by atoms with E-state index in [9.17, 15) is 9.59 Å². The Bertz CT molecular complexity index is 559. The third kappa shape index (κ3) is 4.19. The molecule has 0 N–H and O–H groups in total. The molecule has 1 unspecified atom stereocenters. The van der Waals surface area contributed by atoms with Crippen LogP contribution >= 0.6 is 11.8 Å². The minimum absolute atomic E-state index is 0.00401. The monoisotopic (exact) mass is 336 g/mol. The van der Waals surface area contributed by atoms with Gasteiger partial charge in [0, 0.05) is 18.8 Å². The molecule has 1 aliphatic rings. The van der Waals surface area contributed by atoms with Crippen molar-refractivity contribution in [2.75, 3.05) is 25.8 Å². The molecule has 1 aromatic carbocycles. The molecule has 5 nitrogen and oxygen atoms in total. The number of benzene rings is 1. The van der Waals surface area contributed by atoms with Crippen molar-refractivity contribution < 1.29 is 14.3 Å². The molecule has 126 valence electrons. The first-order valence-electron chi connectivity index (χ1n) is 7.71. The van der Waals surface area contributed by atoms with Gasteiger partial charge in [0.15, 0.2) is 0 Å². The summed E-state index contributed by atoms with van der Waals surface area (Å²) in [5, 5.41) is 0. The van der Waals surface area contributed by atoms with Crippen LogP contribution in [-0.4, -0.2) is 59.5 Å². The zero-order valence-electron chi connectivity index (χ0n) is 14.1. The summed E-state index contributed by atoms with van der Waals surface area (Å²) >= 11 is 1.63. The molecule has 0 radical (unpaired) electrons. The molecule has 0 aromatic heterocycles. The zero-order chi connectivity index (χ0) is 17.0. The second-order valence-electron chi connectivity index (χ2n) is 5.95. The Morgan fingerprint density at radius 1 is 1.35 bits per heavy atom. The Morgan fingerprint density at radius 2 is 2.00 bits per heavy atom. The normalized spacial score (nSPS) is 17.4. The van der Waals surface area contributed by atoms with Gasteiger partial charge in [-0.1, -0.05) is 12.1 Å². The van der Waals surface area contributed by atoms with Crippen molar-refractivity contribution in [3.05, 3.63) is 29.8 Å². The predicted molar refractivity (Wildman–Crippen MR) is 92.6 cm³/mol. The van der Waals surface area contributed by atoms with Gasteiger partial charge in [-0.25, -0.2) is 0 Å². The van der Waals surface area contributed by atoms with Crippen molar-refractivity contribution in [1.82, 2.24) is 9.80 Å². The van der Waals surface area contributed by atoms with E-state index in [0.29, 0.717) is 18.1 Å². The zero-order valence-corrected chi connectivity index (χ0v) is 14.9. The summed E-state index contributed by atoms with van der Waals surface area (Å²) in [5.74, 6) is 2.04. The summed E-state index contributed by atoms with van der Waals surface area (Å²) < 4.78 is 5.12. The smallest absolute Gasteiger partial charge is 0.246 e. The molecule has 1 fully saturated rings. The van der Waals surface area contributed by atoms with Gasteiger partial charge in [0.1, 0.15) is 11.8 Å². The molecule has 1 aliphatic heterocycles. The first-order valence-corrected chi connectivity index (χ1v) is 8.86. The molecule has 0 spiro atoms. The number of nitrogens with zero attached hydrogens (tertiary/aromatic N) is 2. The maximum Gasteiger partial charge on any atom is 0.246 e. The van der Waals surface area contributed by atoms with E-state index in [2.05, 4.69) is 0 Å². The molecular formula is C17H24N2O3S. The van der Waals surface area contributed by atoms with Crippen molar-refractivity contribution in [3.63, 3.8) is 0 Å². The summed E-state index contributed by atoms with van der Waals surface area (Å²) in [7, 11) is 3.41. The number of ether oxygens (including phenoxy) is 1. The summed E-state index contributed by atoms with van der Waals surface area (Å²) in [6.07, 6.45) is 0.305. The summed E-state index contributed by atoms with van der Waals surface area (Å²) in [4.78, 5) is 28.5. The molecule has 2 rings (SSSR count). The van der Waals surface area contributed by atoms with Crippen LogP contribution in [0.5, 0.6) is 5.75 Å². The van der Waals surface area contributed by atoms with Gasteiger partial charge in [-0.2, -0.15) is 0 Å². The van der Waals surface area contributed by atoms with Gasteiger partial charge in [-0.3, -0.25) is 9.59 Å². The minimum Gasteiger partial charge on any atom is -0.497 e. The fraction of sp³-hybridized carbons (Fsp3) is 0.529. The fourth-order valence-electron chi connectivity index (χ4n) is 2.40. The van der Waals surface area contributed by atoms with Gasteiger partial charge in [0.05, 0.1) is 19.4 Å². The van der Waals surface area contributed by atoms with Crippen molar-refractivity contribution in [2.45, 2.75) is 32.4 Å². The lowest BCUT2D eigenvalue weighted by Gasteiger charge is -2.29. The van der Waals surface area contributed by atoms with E-state index in [1.807, 2.05) is 38.1 Å². The van der Waals surface area contributed by atoms with E-state index in [1.54, 1.807) is 35.7 Å². The largest absolute Gasteiger partial charge is 0.497 e. The highest BCUT2D eigenvalue weighted by Gasteiger charge is 2.36. The number of carbonyl (C=O) groups is 2. The van der Waals surface area contributed by atoms with E-state index in [-0.39, 0.29) is 23.9 Å². The molecule has 1 aromatic rings. The van der Waals surface area contributed by atoms with E-state index < -0.39 is 0 Å². The number of rotatable bonds is 5. The molecule has 6 heteroatoms. The molecule has 0 aliphatic carbocycles. The van der Waals surface area contributed by atoms with Gasteiger partial charge in [-0.15, -0.1) is 11.8 Å². The lowest BCUT2D eigenvalue weighted by atomic mass is 10.1. The van der Waals surface area contributed by atoms with E-state index in [1.165, 1.54) is 0 Å². The third-order valence-corrected chi connectivity index (χ3v) is 5.14. The Labute approximate surface area is 142 Å². The van der Waals surface area contributed by atoms with Gasteiger partial charge in [0.25, 0.3) is 0 Å². The highest BCUT2D eigenvalue weighted by Crippen LogP contribution is 2.24. The Hall–Kier alpha value is -1.69. The van der Waals surface area contributed by atoms with Crippen molar-refractivity contribution in [1.29, 1.82) is 0 Å². The van der Waals surface area contributed by atoms with Crippen LogP contribution in [0.25, 0.3) is 0 Å². The number of hydrogen-bond donors (Lipinski definition) is 0. The summed E-state index contributed by atoms with van der Waals surface area (Å²) in [5.41, 5.74) is 0.927. The molecule has 0 saturated carbocycles. The van der Waals surface area contributed by atoms with E-state index in [0.717, 1.165) is 11.3 Å². The SMILES string of the molecule is COc1ccc(CC(=O)N2CSCC2C(=O)N(C)C(C)C)cc1. The molecule has 1 saturated heterocycles. The minimum atomic E-state index is -0.349. The standard InChI is InChI=1S/C17H24N2O3S/c1-12(2)18(3)17(21)15-10-23-11-19(15)16(20)9-13-5-7-14(22-4)8-6-13/h5-8,12,15H,9-11H2,1-4H3. The number of amides is 2. The highest BCUT2D eigenvalue weighted by molar-refractivity contribution is 7.99. The Balaban J connectivity index is 2.03. The number of methoxy groups -OCH3 is 1. The highest BCUT2D eigenvalue weighted by atomic mass is 32.2. The maximum absolute atomic E-state index is 12.6. The van der Waals surface area contributed by atoms with Crippen molar-refractivity contribution >= 4 is 23.6 Å².